The quantitative estimate of drug-likeness (QED) is 0.435. The predicted octanol–water partition coefficient (Wildman–Crippen LogP) is 5.61. The Morgan fingerprint density at radius 3 is 2.26 bits per heavy atom. The largest absolute Gasteiger partial charge is 0.484 e. The van der Waals surface area contributed by atoms with Crippen molar-refractivity contribution in [3.8, 4) is 5.75 Å². The molecule has 2 amide bonds. The number of carbonyl (C=O) groups excluding carboxylic acids is 2. The van der Waals surface area contributed by atoms with Crippen LogP contribution in [0.2, 0.25) is 0 Å². The lowest BCUT2D eigenvalue weighted by atomic mass is 10.2. The van der Waals surface area contributed by atoms with Gasteiger partial charge in [-0.15, -0.1) is 0 Å². The van der Waals surface area contributed by atoms with E-state index in [0.717, 1.165) is 5.56 Å². The molecule has 0 unspecified atom stereocenters. The highest BCUT2D eigenvalue weighted by atomic mass is 32.2. The fourth-order valence-corrected chi connectivity index (χ4v) is 4.25. The van der Waals surface area contributed by atoms with E-state index in [9.17, 15) is 18.4 Å². The number of nitrogens with one attached hydrogen (secondary N) is 1. The lowest BCUT2D eigenvalue weighted by Gasteiger charge is -2.11. The molecule has 1 saturated heterocycles. The normalized spacial score (nSPS) is 15.6. The summed E-state index contributed by atoms with van der Waals surface area (Å²) in [6, 6.07) is 18.2. The van der Waals surface area contributed by atoms with Crippen LogP contribution in [-0.4, -0.2) is 35.0 Å². The van der Waals surface area contributed by atoms with E-state index in [1.165, 1.54) is 48.2 Å². The highest BCUT2D eigenvalue weighted by Crippen LogP contribution is 2.34. The third kappa shape index (κ3) is 6.33. The van der Waals surface area contributed by atoms with Crippen LogP contribution in [0.5, 0.6) is 5.75 Å². The van der Waals surface area contributed by atoms with Crippen molar-refractivity contribution in [2.75, 3.05) is 18.5 Å². The number of benzene rings is 3. The molecule has 35 heavy (non-hydrogen) atoms. The summed E-state index contributed by atoms with van der Waals surface area (Å²) in [7, 11) is 0. The van der Waals surface area contributed by atoms with Gasteiger partial charge in [0.05, 0.1) is 10.6 Å². The first-order valence-electron chi connectivity index (χ1n) is 10.8. The molecule has 1 aliphatic rings. The number of halogens is 2. The van der Waals surface area contributed by atoms with Crippen LogP contribution in [0.3, 0.4) is 0 Å². The molecule has 0 aliphatic carbocycles. The second-order valence-electron chi connectivity index (χ2n) is 7.44. The van der Waals surface area contributed by atoms with Crippen LogP contribution in [0.25, 0.3) is 6.08 Å². The molecule has 0 atom stereocenters. The summed E-state index contributed by atoms with van der Waals surface area (Å²) in [6.07, 6.45) is 1.76. The number of carbonyl (C=O) groups is 2. The van der Waals surface area contributed by atoms with Crippen LogP contribution in [0.15, 0.2) is 82.7 Å². The van der Waals surface area contributed by atoms with Gasteiger partial charge in [0.15, 0.2) is 11.8 Å². The van der Waals surface area contributed by atoms with Crippen molar-refractivity contribution in [3.63, 3.8) is 0 Å². The second kappa shape index (κ2) is 11.0. The molecular formula is C26H21F2N3O3S. The van der Waals surface area contributed by atoms with Crippen molar-refractivity contribution < 1.29 is 23.1 Å². The number of thioether (sulfide) groups is 1. The first kappa shape index (κ1) is 24.2. The van der Waals surface area contributed by atoms with Gasteiger partial charge in [-0.05, 0) is 91.0 Å². The lowest BCUT2D eigenvalue weighted by molar-refractivity contribution is -0.122. The molecule has 1 aliphatic heterocycles. The van der Waals surface area contributed by atoms with Crippen LogP contribution in [0.4, 0.5) is 20.2 Å². The molecule has 4 rings (SSSR count). The smallest absolute Gasteiger partial charge is 0.266 e. The molecule has 3 aromatic rings. The van der Waals surface area contributed by atoms with E-state index in [-0.39, 0.29) is 30.1 Å². The van der Waals surface area contributed by atoms with Crippen LogP contribution in [0, 0.1) is 11.6 Å². The first-order chi connectivity index (χ1) is 16.9. The van der Waals surface area contributed by atoms with E-state index in [1.54, 1.807) is 47.4 Å². The summed E-state index contributed by atoms with van der Waals surface area (Å²) in [5, 5.41) is 3.15. The van der Waals surface area contributed by atoms with E-state index < -0.39 is 0 Å². The zero-order chi connectivity index (χ0) is 24.8. The minimum absolute atomic E-state index is 0.156. The molecule has 1 heterocycles. The molecule has 0 bridgehead atoms. The standard InChI is InChI=1S/C26H21F2N3O3S/c1-2-31-25(33)23(35-26(31)30-21-11-7-19(28)8-12-21)15-17-3-13-22(14-4-17)34-16-24(32)29-20-9-5-18(27)6-10-20/h3-15H,2,16H2,1H3,(H,29,32)/b23-15+,30-26?. The van der Waals surface area contributed by atoms with Gasteiger partial charge >= 0.3 is 0 Å². The highest BCUT2D eigenvalue weighted by molar-refractivity contribution is 8.18. The Morgan fingerprint density at radius 1 is 1.00 bits per heavy atom. The number of amidine groups is 1. The fourth-order valence-electron chi connectivity index (χ4n) is 3.19. The molecule has 178 valence electrons. The molecule has 9 heteroatoms. The average molecular weight is 494 g/mol. The average Bonchev–Trinajstić information content (AvgIpc) is 3.15. The number of hydrogen-bond acceptors (Lipinski definition) is 5. The number of likely N-dealkylation sites (N-methyl/N-ethyl adjacent to an activating group) is 1. The van der Waals surface area contributed by atoms with E-state index in [4.69, 9.17) is 4.74 Å². The summed E-state index contributed by atoms with van der Waals surface area (Å²) in [4.78, 5) is 31.4. The van der Waals surface area contributed by atoms with Crippen molar-refractivity contribution in [2.24, 2.45) is 4.99 Å². The maximum Gasteiger partial charge on any atom is 0.266 e. The topological polar surface area (TPSA) is 71.0 Å². The van der Waals surface area contributed by atoms with Gasteiger partial charge in [0.2, 0.25) is 0 Å². The van der Waals surface area contributed by atoms with Gasteiger partial charge in [0, 0.05) is 12.2 Å². The Bertz CT molecular complexity index is 1270. The highest BCUT2D eigenvalue weighted by Gasteiger charge is 2.32. The summed E-state index contributed by atoms with van der Waals surface area (Å²) < 4.78 is 31.6. The van der Waals surface area contributed by atoms with E-state index in [2.05, 4.69) is 10.3 Å². The van der Waals surface area contributed by atoms with Gasteiger partial charge in [-0.1, -0.05) is 12.1 Å². The number of rotatable bonds is 7. The van der Waals surface area contributed by atoms with Crippen molar-refractivity contribution in [1.29, 1.82) is 0 Å². The minimum atomic E-state index is -0.384. The lowest BCUT2D eigenvalue weighted by Crippen LogP contribution is -2.28. The first-order valence-corrected chi connectivity index (χ1v) is 11.6. The Balaban J connectivity index is 1.38. The van der Waals surface area contributed by atoms with E-state index in [0.29, 0.717) is 33.7 Å². The second-order valence-corrected chi connectivity index (χ2v) is 8.45. The van der Waals surface area contributed by atoms with Crippen LogP contribution >= 0.6 is 11.8 Å². The SMILES string of the molecule is CCN1C(=O)/C(=C\c2ccc(OCC(=O)Nc3ccc(F)cc3)cc2)SC1=Nc1ccc(F)cc1. The summed E-state index contributed by atoms with van der Waals surface area (Å²) in [5.41, 5.74) is 1.82. The minimum Gasteiger partial charge on any atom is -0.484 e. The number of hydrogen-bond donors (Lipinski definition) is 1. The van der Waals surface area contributed by atoms with Gasteiger partial charge < -0.3 is 10.1 Å². The Kier molecular flexibility index (Phi) is 7.57. The monoisotopic (exact) mass is 493 g/mol. The molecule has 0 radical (unpaired) electrons. The predicted molar refractivity (Wildman–Crippen MR) is 133 cm³/mol. The van der Waals surface area contributed by atoms with Crippen molar-refractivity contribution in [2.45, 2.75) is 6.92 Å². The van der Waals surface area contributed by atoms with Crippen LogP contribution in [0.1, 0.15) is 12.5 Å². The maximum atomic E-state index is 13.2. The molecule has 6 nitrogen and oxygen atoms in total. The molecule has 1 fully saturated rings. The molecule has 1 N–H and O–H groups in total. The number of aliphatic imine (C=N–C) groups is 1. The number of ether oxygens (including phenoxy) is 1. The number of anilines is 1. The summed E-state index contributed by atoms with van der Waals surface area (Å²) >= 11 is 1.25. The molecule has 0 spiro atoms. The Morgan fingerprint density at radius 2 is 1.63 bits per heavy atom. The zero-order valence-corrected chi connectivity index (χ0v) is 19.5. The molecule has 0 saturated carbocycles. The van der Waals surface area contributed by atoms with Crippen molar-refractivity contribution in [3.05, 3.63) is 94.9 Å². The Hall–Kier alpha value is -3.98. The summed E-state index contributed by atoms with van der Waals surface area (Å²) in [5.74, 6) is -0.774. The Labute approximate surface area is 205 Å². The molecule has 3 aromatic carbocycles. The van der Waals surface area contributed by atoms with Crippen molar-refractivity contribution >= 4 is 46.2 Å². The maximum absolute atomic E-state index is 13.2. The fraction of sp³-hybridized carbons (Fsp3) is 0.115. The summed E-state index contributed by atoms with van der Waals surface area (Å²) in [6.45, 7) is 2.11. The number of nitrogens with zero attached hydrogens (tertiary/aromatic N) is 2. The van der Waals surface area contributed by atoms with Gasteiger partial charge in [-0.2, -0.15) is 0 Å². The van der Waals surface area contributed by atoms with Crippen molar-refractivity contribution in [1.82, 2.24) is 4.90 Å². The van der Waals surface area contributed by atoms with Crippen LogP contribution in [-0.2, 0) is 9.59 Å². The number of amides is 2. The van der Waals surface area contributed by atoms with Gasteiger partial charge in [-0.3, -0.25) is 14.5 Å². The third-order valence-electron chi connectivity index (χ3n) is 4.93. The van der Waals surface area contributed by atoms with E-state index in [1.807, 2.05) is 6.92 Å². The zero-order valence-electron chi connectivity index (χ0n) is 18.7. The van der Waals surface area contributed by atoms with Gasteiger partial charge in [0.25, 0.3) is 11.8 Å². The molecule has 0 aromatic heterocycles. The molecular weight excluding hydrogens is 472 g/mol. The van der Waals surface area contributed by atoms with E-state index >= 15 is 0 Å². The van der Waals surface area contributed by atoms with Gasteiger partial charge in [-0.25, -0.2) is 13.8 Å². The third-order valence-corrected chi connectivity index (χ3v) is 5.94. The van der Waals surface area contributed by atoms with Crippen LogP contribution < -0.4 is 10.1 Å². The van der Waals surface area contributed by atoms with Gasteiger partial charge in [0.1, 0.15) is 17.4 Å².